The first-order valence-corrected chi connectivity index (χ1v) is 7.43. The van der Waals surface area contributed by atoms with E-state index < -0.39 is 0 Å². The molecule has 1 N–H and O–H groups in total. The fraction of sp³-hybridized carbons (Fsp3) is 0.500. The van der Waals surface area contributed by atoms with Crippen LogP contribution < -0.4 is 10.2 Å². The van der Waals surface area contributed by atoms with E-state index in [2.05, 4.69) is 51.7 Å². The second kappa shape index (κ2) is 5.75. The van der Waals surface area contributed by atoms with Crippen LogP contribution in [0, 0.1) is 6.92 Å². The molecule has 1 aromatic heterocycles. The Bertz CT molecular complexity index is 588. The Morgan fingerprint density at radius 1 is 1.10 bits per heavy atom. The molecule has 0 amide bonds. The van der Waals surface area contributed by atoms with Gasteiger partial charge in [-0.25, -0.2) is 0 Å². The number of fused-ring (bicyclic) bond motifs is 1. The minimum atomic E-state index is 0.547. The lowest BCUT2D eigenvalue weighted by molar-refractivity contribution is 0.562. The molecule has 1 saturated heterocycles. The largest absolute Gasteiger partial charge is 0.355 e. The monoisotopic (exact) mass is 270 g/mol. The first-order valence-electron chi connectivity index (χ1n) is 7.43. The molecule has 1 aliphatic heterocycles. The topological polar surface area (TPSA) is 41.1 Å². The van der Waals surface area contributed by atoms with Crippen molar-refractivity contribution < 1.29 is 0 Å². The Morgan fingerprint density at radius 3 is 2.75 bits per heavy atom. The van der Waals surface area contributed by atoms with Crippen LogP contribution in [0.5, 0.6) is 0 Å². The number of nitrogens with zero attached hydrogens (tertiary/aromatic N) is 3. The van der Waals surface area contributed by atoms with Gasteiger partial charge in [0, 0.05) is 23.9 Å². The summed E-state index contributed by atoms with van der Waals surface area (Å²) in [6, 6.07) is 8.97. The van der Waals surface area contributed by atoms with Gasteiger partial charge in [-0.3, -0.25) is 0 Å². The van der Waals surface area contributed by atoms with Crippen LogP contribution in [-0.2, 0) is 0 Å². The summed E-state index contributed by atoms with van der Waals surface area (Å²) in [6.45, 7) is 4.24. The summed E-state index contributed by atoms with van der Waals surface area (Å²) in [5.41, 5.74) is 1.00. The predicted molar refractivity (Wildman–Crippen MR) is 83.2 cm³/mol. The van der Waals surface area contributed by atoms with Crippen LogP contribution in [-0.4, -0.2) is 36.4 Å². The minimum absolute atomic E-state index is 0.547. The standard InChI is InChI=1S/C16H22N4/c1-12-14-7-3-4-8-15(14)16(19-18-12)20(2)13-6-5-10-17-11-9-13/h3-4,7-8,13,17H,5-6,9-11H2,1-2H3. The smallest absolute Gasteiger partial charge is 0.159 e. The Morgan fingerprint density at radius 2 is 1.90 bits per heavy atom. The summed E-state index contributed by atoms with van der Waals surface area (Å²) in [6.07, 6.45) is 3.61. The Balaban J connectivity index is 1.98. The average molecular weight is 270 g/mol. The van der Waals surface area contributed by atoms with Gasteiger partial charge < -0.3 is 10.2 Å². The number of nitrogens with one attached hydrogen (secondary N) is 1. The first kappa shape index (κ1) is 13.3. The summed E-state index contributed by atoms with van der Waals surface area (Å²) in [4.78, 5) is 2.32. The molecule has 1 unspecified atom stereocenters. The highest BCUT2D eigenvalue weighted by atomic mass is 15.3. The molecule has 2 aromatic rings. The zero-order valence-electron chi connectivity index (χ0n) is 12.3. The van der Waals surface area contributed by atoms with Crippen molar-refractivity contribution >= 4 is 16.6 Å². The third-order valence-corrected chi connectivity index (χ3v) is 4.28. The molecule has 1 aromatic carbocycles. The van der Waals surface area contributed by atoms with Gasteiger partial charge in [0.25, 0.3) is 0 Å². The van der Waals surface area contributed by atoms with Gasteiger partial charge in [-0.05, 0) is 39.3 Å². The van der Waals surface area contributed by atoms with Gasteiger partial charge in [0.15, 0.2) is 5.82 Å². The molecule has 0 spiro atoms. The summed E-state index contributed by atoms with van der Waals surface area (Å²) in [5.74, 6) is 1.01. The van der Waals surface area contributed by atoms with Gasteiger partial charge in [0.1, 0.15) is 0 Å². The third-order valence-electron chi connectivity index (χ3n) is 4.28. The van der Waals surface area contributed by atoms with Gasteiger partial charge in [-0.1, -0.05) is 24.3 Å². The van der Waals surface area contributed by atoms with E-state index in [0.717, 1.165) is 24.6 Å². The highest BCUT2D eigenvalue weighted by Crippen LogP contribution is 2.27. The van der Waals surface area contributed by atoms with E-state index in [-0.39, 0.29) is 0 Å². The summed E-state index contributed by atoms with van der Waals surface area (Å²) >= 11 is 0. The van der Waals surface area contributed by atoms with Crippen LogP contribution in [0.4, 0.5) is 5.82 Å². The quantitative estimate of drug-likeness (QED) is 0.910. The first-order chi connectivity index (χ1) is 9.77. The van der Waals surface area contributed by atoms with Crippen LogP contribution in [0.15, 0.2) is 24.3 Å². The maximum atomic E-state index is 4.47. The van der Waals surface area contributed by atoms with E-state index >= 15 is 0 Å². The van der Waals surface area contributed by atoms with Crippen molar-refractivity contribution in [3.63, 3.8) is 0 Å². The van der Waals surface area contributed by atoms with Crippen LogP contribution in [0.25, 0.3) is 10.8 Å². The van der Waals surface area contributed by atoms with Crippen molar-refractivity contribution in [3.8, 4) is 0 Å². The molecule has 2 heterocycles. The average Bonchev–Trinajstić information content (AvgIpc) is 2.76. The predicted octanol–water partition coefficient (Wildman–Crippen LogP) is 2.52. The molecule has 4 heteroatoms. The highest BCUT2D eigenvalue weighted by molar-refractivity contribution is 5.93. The van der Waals surface area contributed by atoms with Gasteiger partial charge in [0.05, 0.1) is 5.69 Å². The van der Waals surface area contributed by atoms with Gasteiger partial charge in [-0.2, -0.15) is 5.10 Å². The zero-order valence-corrected chi connectivity index (χ0v) is 12.3. The van der Waals surface area contributed by atoms with Crippen LogP contribution in [0.2, 0.25) is 0 Å². The molecule has 4 nitrogen and oxygen atoms in total. The number of anilines is 1. The molecule has 0 radical (unpaired) electrons. The lowest BCUT2D eigenvalue weighted by Gasteiger charge is -2.28. The lowest BCUT2D eigenvalue weighted by atomic mass is 10.1. The summed E-state index contributed by atoms with van der Waals surface area (Å²) < 4.78 is 0. The lowest BCUT2D eigenvalue weighted by Crippen LogP contribution is -2.33. The minimum Gasteiger partial charge on any atom is -0.355 e. The van der Waals surface area contributed by atoms with E-state index in [9.17, 15) is 0 Å². The third kappa shape index (κ3) is 2.48. The van der Waals surface area contributed by atoms with Crippen molar-refractivity contribution in [2.24, 2.45) is 0 Å². The van der Waals surface area contributed by atoms with E-state index in [1.165, 1.54) is 30.0 Å². The van der Waals surface area contributed by atoms with Crippen molar-refractivity contribution in [1.82, 2.24) is 15.5 Å². The molecule has 106 valence electrons. The Labute approximate surface area is 120 Å². The molecule has 0 saturated carbocycles. The molecule has 0 aliphatic carbocycles. The highest BCUT2D eigenvalue weighted by Gasteiger charge is 2.20. The molecule has 0 bridgehead atoms. The molecular weight excluding hydrogens is 248 g/mol. The van der Waals surface area contributed by atoms with Crippen LogP contribution >= 0.6 is 0 Å². The SMILES string of the molecule is Cc1nnc(N(C)C2CCCNCC2)c2ccccc12. The van der Waals surface area contributed by atoms with Crippen LogP contribution in [0.3, 0.4) is 0 Å². The number of benzene rings is 1. The van der Waals surface area contributed by atoms with Crippen molar-refractivity contribution in [2.75, 3.05) is 25.0 Å². The fourth-order valence-electron chi connectivity index (χ4n) is 3.05. The van der Waals surface area contributed by atoms with Crippen molar-refractivity contribution in [3.05, 3.63) is 30.0 Å². The van der Waals surface area contributed by atoms with Gasteiger partial charge >= 0.3 is 0 Å². The van der Waals surface area contributed by atoms with E-state index in [4.69, 9.17) is 0 Å². The maximum Gasteiger partial charge on any atom is 0.159 e. The molecule has 1 atom stereocenters. The van der Waals surface area contributed by atoms with Gasteiger partial charge in [0.2, 0.25) is 0 Å². The normalized spacial score (nSPS) is 19.8. The number of aromatic nitrogens is 2. The number of aryl methyl sites for hydroxylation is 1. The second-order valence-corrected chi connectivity index (χ2v) is 5.60. The molecule has 20 heavy (non-hydrogen) atoms. The molecule has 1 aliphatic rings. The number of hydrogen-bond acceptors (Lipinski definition) is 4. The van der Waals surface area contributed by atoms with E-state index in [1.807, 2.05) is 6.92 Å². The number of rotatable bonds is 2. The van der Waals surface area contributed by atoms with E-state index in [1.54, 1.807) is 0 Å². The Hall–Kier alpha value is -1.68. The van der Waals surface area contributed by atoms with Crippen molar-refractivity contribution in [2.45, 2.75) is 32.2 Å². The fourth-order valence-corrected chi connectivity index (χ4v) is 3.05. The Kier molecular flexibility index (Phi) is 3.83. The van der Waals surface area contributed by atoms with Crippen LogP contribution in [0.1, 0.15) is 25.0 Å². The molecular formula is C16H22N4. The maximum absolute atomic E-state index is 4.47. The molecule has 1 fully saturated rings. The van der Waals surface area contributed by atoms with Crippen molar-refractivity contribution in [1.29, 1.82) is 0 Å². The summed E-state index contributed by atoms with van der Waals surface area (Å²) in [5, 5.41) is 14.7. The second-order valence-electron chi connectivity index (χ2n) is 5.60. The molecule has 3 rings (SSSR count). The summed E-state index contributed by atoms with van der Waals surface area (Å²) in [7, 11) is 2.15. The zero-order chi connectivity index (χ0) is 13.9. The number of hydrogen-bond donors (Lipinski definition) is 1. The van der Waals surface area contributed by atoms with E-state index in [0.29, 0.717) is 6.04 Å². The van der Waals surface area contributed by atoms with Gasteiger partial charge in [-0.15, -0.1) is 5.10 Å².